The van der Waals surface area contributed by atoms with Crippen molar-refractivity contribution in [3.8, 4) is 0 Å². The van der Waals surface area contributed by atoms with Gasteiger partial charge >= 0.3 is 12.0 Å². The molecule has 0 unspecified atom stereocenters. The van der Waals surface area contributed by atoms with Gasteiger partial charge in [0, 0.05) is 11.8 Å². The van der Waals surface area contributed by atoms with Crippen molar-refractivity contribution in [1.29, 1.82) is 0 Å². The molecule has 1 heterocycles. The first kappa shape index (κ1) is 20.9. The number of aryl methyl sites for hydroxylation is 1. The Balaban J connectivity index is 1.92. The lowest BCUT2D eigenvalue weighted by molar-refractivity contribution is -0.156. The summed E-state index contributed by atoms with van der Waals surface area (Å²) in [4.78, 5) is 36.8. The Labute approximate surface area is 162 Å². The summed E-state index contributed by atoms with van der Waals surface area (Å²) in [7, 11) is 0. The third-order valence-electron chi connectivity index (χ3n) is 3.78. The van der Waals surface area contributed by atoms with Crippen LogP contribution in [0.1, 0.15) is 26.5 Å². The summed E-state index contributed by atoms with van der Waals surface area (Å²) in [5, 5.41) is 11.4. The Kier molecular flexibility index (Phi) is 7.14. The van der Waals surface area contributed by atoms with Gasteiger partial charge in [-0.1, -0.05) is 37.2 Å². The summed E-state index contributed by atoms with van der Waals surface area (Å²) in [6.45, 7) is 6.64. The average Bonchev–Trinajstić information content (AvgIpc) is 3.04. The molecule has 9 nitrogen and oxygen atoms in total. The Morgan fingerprint density at radius 3 is 2.32 bits per heavy atom. The zero-order valence-electron chi connectivity index (χ0n) is 16.2. The molecule has 0 radical (unpaired) electrons. The first-order valence-electron chi connectivity index (χ1n) is 8.83. The molecule has 0 fully saturated rings. The van der Waals surface area contributed by atoms with E-state index < -0.39 is 30.1 Å². The van der Waals surface area contributed by atoms with Gasteiger partial charge in [0.25, 0.3) is 5.91 Å². The van der Waals surface area contributed by atoms with Crippen LogP contribution in [-0.2, 0) is 14.3 Å². The first-order chi connectivity index (χ1) is 13.3. The maximum Gasteiger partial charge on any atom is 0.329 e. The van der Waals surface area contributed by atoms with E-state index in [9.17, 15) is 14.4 Å². The van der Waals surface area contributed by atoms with Crippen molar-refractivity contribution in [3.63, 3.8) is 0 Å². The molecule has 0 bridgehead atoms. The molecule has 150 valence electrons. The van der Waals surface area contributed by atoms with E-state index in [2.05, 4.69) is 21.1 Å². The van der Waals surface area contributed by atoms with Crippen molar-refractivity contribution in [3.05, 3.63) is 42.2 Å². The van der Waals surface area contributed by atoms with Crippen LogP contribution in [0.4, 0.5) is 16.3 Å². The number of esters is 1. The molecule has 28 heavy (non-hydrogen) atoms. The molecule has 0 aliphatic rings. The van der Waals surface area contributed by atoms with Gasteiger partial charge in [-0.25, -0.2) is 9.59 Å². The van der Waals surface area contributed by atoms with Crippen LogP contribution in [0.15, 0.2) is 40.9 Å². The van der Waals surface area contributed by atoms with E-state index in [0.717, 1.165) is 0 Å². The molecule has 0 aliphatic heterocycles. The number of nitrogens with one attached hydrogen (secondary N) is 3. The zero-order chi connectivity index (χ0) is 20.7. The molecule has 1 aromatic carbocycles. The third kappa shape index (κ3) is 6.11. The molecule has 0 saturated heterocycles. The number of ether oxygens (including phenoxy) is 1. The smallest absolute Gasteiger partial charge is 0.329 e. The van der Waals surface area contributed by atoms with Gasteiger partial charge in [-0.2, -0.15) is 0 Å². The van der Waals surface area contributed by atoms with Crippen LogP contribution in [0.3, 0.4) is 0 Å². The molecular formula is C19H24N4O5. The second-order valence-corrected chi connectivity index (χ2v) is 6.58. The van der Waals surface area contributed by atoms with Gasteiger partial charge in [0.1, 0.15) is 11.8 Å². The van der Waals surface area contributed by atoms with Gasteiger partial charge in [-0.3, -0.25) is 4.79 Å². The standard InChI is InChI=1S/C19H24N4O5/c1-11(2)16(22-19(26)20-14-8-6-5-7-9-14)18(25)27-13(4)17(24)21-15-10-12(3)28-23-15/h5-11,13,16H,1-4H3,(H2,20,22,26)(H,21,23,24)/t13-,16+/m0/s1. The minimum atomic E-state index is -1.08. The van der Waals surface area contributed by atoms with E-state index in [1.807, 2.05) is 6.07 Å². The number of carbonyl (C=O) groups excluding carboxylic acids is 3. The second kappa shape index (κ2) is 9.54. The van der Waals surface area contributed by atoms with Crippen LogP contribution >= 0.6 is 0 Å². The van der Waals surface area contributed by atoms with Crippen molar-refractivity contribution in [1.82, 2.24) is 10.5 Å². The number of hydrogen-bond donors (Lipinski definition) is 3. The molecule has 3 N–H and O–H groups in total. The van der Waals surface area contributed by atoms with Crippen molar-refractivity contribution >= 4 is 29.4 Å². The maximum atomic E-state index is 12.5. The first-order valence-corrected chi connectivity index (χ1v) is 8.83. The average molecular weight is 388 g/mol. The third-order valence-corrected chi connectivity index (χ3v) is 3.78. The van der Waals surface area contributed by atoms with E-state index in [0.29, 0.717) is 11.4 Å². The molecule has 9 heteroatoms. The van der Waals surface area contributed by atoms with Gasteiger partial charge in [0.05, 0.1) is 0 Å². The molecule has 0 saturated carbocycles. The van der Waals surface area contributed by atoms with Crippen molar-refractivity contribution < 1.29 is 23.6 Å². The largest absolute Gasteiger partial charge is 0.451 e. The van der Waals surface area contributed by atoms with Gasteiger partial charge in [-0.05, 0) is 31.9 Å². The predicted octanol–water partition coefficient (Wildman–Crippen LogP) is 2.70. The fraction of sp³-hybridized carbons (Fsp3) is 0.368. The summed E-state index contributed by atoms with van der Waals surface area (Å²) in [6, 6.07) is 8.90. The number of hydrogen-bond acceptors (Lipinski definition) is 6. The molecule has 0 aliphatic carbocycles. The van der Waals surface area contributed by atoms with Gasteiger partial charge in [-0.15, -0.1) is 0 Å². The van der Waals surface area contributed by atoms with E-state index >= 15 is 0 Å². The quantitative estimate of drug-likeness (QED) is 0.627. The highest BCUT2D eigenvalue weighted by molar-refractivity contribution is 5.96. The van der Waals surface area contributed by atoms with Crippen molar-refractivity contribution in [2.75, 3.05) is 10.6 Å². The lowest BCUT2D eigenvalue weighted by Crippen LogP contribution is -2.48. The number of carbonyl (C=O) groups is 3. The van der Waals surface area contributed by atoms with E-state index in [1.165, 1.54) is 6.92 Å². The Morgan fingerprint density at radius 1 is 1.07 bits per heavy atom. The van der Waals surface area contributed by atoms with E-state index in [4.69, 9.17) is 9.26 Å². The summed E-state index contributed by atoms with van der Waals surface area (Å²) < 4.78 is 10.1. The molecule has 3 amide bonds. The topological polar surface area (TPSA) is 123 Å². The second-order valence-electron chi connectivity index (χ2n) is 6.58. The summed E-state index contributed by atoms with van der Waals surface area (Å²) in [5.74, 6) is -0.753. The Hall–Kier alpha value is -3.36. The molecular weight excluding hydrogens is 364 g/mol. The van der Waals surface area contributed by atoms with Crippen LogP contribution in [0.5, 0.6) is 0 Å². The van der Waals surface area contributed by atoms with Gasteiger partial charge in [0.15, 0.2) is 11.9 Å². The van der Waals surface area contributed by atoms with Crippen molar-refractivity contribution in [2.45, 2.75) is 39.8 Å². The summed E-state index contributed by atoms with van der Waals surface area (Å²) >= 11 is 0. The number of anilines is 2. The van der Waals surface area contributed by atoms with Crippen LogP contribution in [0.2, 0.25) is 0 Å². The number of benzene rings is 1. The number of nitrogens with zero attached hydrogens (tertiary/aromatic N) is 1. The maximum absolute atomic E-state index is 12.5. The summed E-state index contributed by atoms with van der Waals surface area (Å²) in [5.41, 5.74) is 0.589. The molecule has 1 aromatic heterocycles. The SMILES string of the molecule is Cc1cc(NC(=O)[C@H](C)OC(=O)[C@H](NC(=O)Nc2ccccc2)C(C)C)no1. The van der Waals surface area contributed by atoms with E-state index in [-0.39, 0.29) is 11.7 Å². The fourth-order valence-corrected chi connectivity index (χ4v) is 2.28. The van der Waals surface area contributed by atoms with Crippen LogP contribution in [-0.4, -0.2) is 35.2 Å². The normalized spacial score (nSPS) is 12.8. The van der Waals surface area contributed by atoms with E-state index in [1.54, 1.807) is 51.1 Å². The van der Waals surface area contributed by atoms with Gasteiger partial charge < -0.3 is 25.2 Å². The predicted molar refractivity (Wildman–Crippen MR) is 103 cm³/mol. The Morgan fingerprint density at radius 2 is 1.75 bits per heavy atom. The lowest BCUT2D eigenvalue weighted by atomic mass is 10.0. The number of para-hydroxylation sites is 1. The highest BCUT2D eigenvalue weighted by Crippen LogP contribution is 2.11. The monoisotopic (exact) mass is 388 g/mol. The molecule has 2 rings (SSSR count). The molecule has 2 aromatic rings. The number of urea groups is 1. The Bertz CT molecular complexity index is 819. The fourth-order valence-electron chi connectivity index (χ4n) is 2.28. The lowest BCUT2D eigenvalue weighted by Gasteiger charge is -2.23. The van der Waals surface area contributed by atoms with Crippen LogP contribution in [0, 0.1) is 12.8 Å². The molecule has 2 atom stereocenters. The summed E-state index contributed by atoms with van der Waals surface area (Å²) in [6.07, 6.45) is -1.08. The number of aromatic nitrogens is 1. The van der Waals surface area contributed by atoms with Gasteiger partial charge in [0.2, 0.25) is 0 Å². The number of amides is 3. The minimum absolute atomic E-state index is 0.228. The number of rotatable bonds is 7. The molecule has 0 spiro atoms. The van der Waals surface area contributed by atoms with Crippen molar-refractivity contribution in [2.24, 2.45) is 5.92 Å². The van der Waals surface area contributed by atoms with Crippen LogP contribution < -0.4 is 16.0 Å². The van der Waals surface area contributed by atoms with Crippen LogP contribution in [0.25, 0.3) is 0 Å². The minimum Gasteiger partial charge on any atom is -0.451 e. The highest BCUT2D eigenvalue weighted by Gasteiger charge is 2.29. The zero-order valence-corrected chi connectivity index (χ0v) is 16.2. The highest BCUT2D eigenvalue weighted by atomic mass is 16.5.